The van der Waals surface area contributed by atoms with Gasteiger partial charge in [0.05, 0.1) is 9.93 Å². The first-order chi connectivity index (χ1) is 14.1. The first-order valence-corrected chi connectivity index (χ1v) is 10.4. The number of carbonyl (C=O) groups is 1. The third kappa shape index (κ3) is 4.10. The van der Waals surface area contributed by atoms with Crippen LogP contribution in [0.15, 0.2) is 69.0 Å². The molecule has 2 aromatic heterocycles. The standard InChI is InChI=1S/C21H15Cl2N3O2S/c1-2-26-20(27)18(29-21(26)25-16-8-5-11-24-19(16)23)12-13-9-10-17(28-13)14-6-3-4-7-15(14)22/h3-12H,2H2,1H3/b18-12+,25-21?. The first kappa shape index (κ1) is 19.8. The molecule has 1 aromatic carbocycles. The Balaban J connectivity index is 1.64. The number of thioether (sulfide) groups is 1. The van der Waals surface area contributed by atoms with E-state index < -0.39 is 0 Å². The number of hydrogen-bond acceptors (Lipinski definition) is 5. The SMILES string of the molecule is CCN1C(=O)/C(=C\c2ccc(-c3ccccc3Cl)o2)SC1=Nc1cccnc1Cl. The molecule has 146 valence electrons. The average Bonchev–Trinajstić information content (AvgIpc) is 3.29. The molecule has 1 aliphatic rings. The lowest BCUT2D eigenvalue weighted by Gasteiger charge is -2.12. The van der Waals surface area contributed by atoms with Gasteiger partial charge in [-0.1, -0.05) is 35.3 Å². The molecule has 0 unspecified atom stereocenters. The lowest BCUT2D eigenvalue weighted by molar-refractivity contribution is -0.122. The molecular formula is C21H15Cl2N3O2S. The molecule has 1 fully saturated rings. The predicted molar refractivity (Wildman–Crippen MR) is 118 cm³/mol. The van der Waals surface area contributed by atoms with Crippen molar-refractivity contribution in [3.63, 3.8) is 0 Å². The molecule has 3 heterocycles. The van der Waals surface area contributed by atoms with Gasteiger partial charge in [0.2, 0.25) is 0 Å². The molecule has 0 atom stereocenters. The smallest absolute Gasteiger partial charge is 0.266 e. The van der Waals surface area contributed by atoms with E-state index in [1.165, 1.54) is 11.8 Å². The van der Waals surface area contributed by atoms with Crippen molar-refractivity contribution in [2.24, 2.45) is 4.99 Å². The van der Waals surface area contributed by atoms with Gasteiger partial charge in [0.25, 0.3) is 5.91 Å². The summed E-state index contributed by atoms with van der Waals surface area (Å²) in [6.07, 6.45) is 3.30. The van der Waals surface area contributed by atoms with E-state index in [4.69, 9.17) is 27.6 Å². The Bertz CT molecular complexity index is 1140. The Morgan fingerprint density at radius 3 is 2.76 bits per heavy atom. The van der Waals surface area contributed by atoms with Crippen LogP contribution >= 0.6 is 35.0 Å². The van der Waals surface area contributed by atoms with Gasteiger partial charge in [-0.3, -0.25) is 9.69 Å². The Hall–Kier alpha value is -2.54. The summed E-state index contributed by atoms with van der Waals surface area (Å²) in [4.78, 5) is 23.5. The summed E-state index contributed by atoms with van der Waals surface area (Å²) in [6.45, 7) is 2.38. The summed E-state index contributed by atoms with van der Waals surface area (Å²) in [5, 5.41) is 1.45. The Morgan fingerprint density at radius 2 is 2.00 bits per heavy atom. The third-order valence-corrected chi connectivity index (χ3v) is 5.83. The van der Waals surface area contributed by atoms with Crippen molar-refractivity contribution in [2.45, 2.75) is 6.92 Å². The number of carbonyl (C=O) groups excluding carboxylic acids is 1. The van der Waals surface area contributed by atoms with Gasteiger partial charge in [0.15, 0.2) is 10.3 Å². The number of rotatable bonds is 4. The monoisotopic (exact) mass is 443 g/mol. The minimum absolute atomic E-state index is 0.132. The number of hydrogen-bond donors (Lipinski definition) is 0. The largest absolute Gasteiger partial charge is 0.457 e. The average molecular weight is 444 g/mol. The number of benzene rings is 1. The van der Waals surface area contributed by atoms with E-state index in [0.29, 0.717) is 38.8 Å². The quantitative estimate of drug-likeness (QED) is 0.352. The van der Waals surface area contributed by atoms with Crippen LogP contribution in [0.1, 0.15) is 12.7 Å². The van der Waals surface area contributed by atoms with Crippen molar-refractivity contribution in [1.29, 1.82) is 0 Å². The van der Waals surface area contributed by atoms with Crippen LogP contribution in [-0.2, 0) is 4.79 Å². The molecule has 5 nitrogen and oxygen atoms in total. The van der Waals surface area contributed by atoms with Crippen molar-refractivity contribution < 1.29 is 9.21 Å². The van der Waals surface area contributed by atoms with Crippen molar-refractivity contribution in [3.05, 3.63) is 75.6 Å². The molecule has 0 radical (unpaired) electrons. The number of halogens is 2. The number of furan rings is 1. The summed E-state index contributed by atoms with van der Waals surface area (Å²) in [5.74, 6) is 1.07. The van der Waals surface area contributed by atoms with Gasteiger partial charge in [0, 0.05) is 24.4 Å². The Labute approximate surface area is 182 Å². The highest BCUT2D eigenvalue weighted by atomic mass is 35.5. The van der Waals surface area contributed by atoms with Crippen LogP contribution in [0, 0.1) is 0 Å². The zero-order chi connectivity index (χ0) is 20.4. The minimum atomic E-state index is -0.132. The highest BCUT2D eigenvalue weighted by molar-refractivity contribution is 8.18. The van der Waals surface area contributed by atoms with Crippen LogP contribution in [0.3, 0.4) is 0 Å². The molecule has 0 aliphatic carbocycles. The van der Waals surface area contributed by atoms with Gasteiger partial charge in [-0.05, 0) is 55.1 Å². The molecule has 1 amide bonds. The van der Waals surface area contributed by atoms with E-state index in [9.17, 15) is 4.79 Å². The zero-order valence-electron chi connectivity index (χ0n) is 15.3. The molecule has 0 N–H and O–H groups in total. The molecule has 4 rings (SSSR count). The van der Waals surface area contributed by atoms with E-state index in [1.54, 1.807) is 35.4 Å². The second-order valence-corrected chi connectivity index (χ2v) is 7.82. The lowest BCUT2D eigenvalue weighted by Crippen LogP contribution is -2.28. The van der Waals surface area contributed by atoms with Gasteiger partial charge in [0.1, 0.15) is 17.2 Å². The number of aliphatic imine (C=N–C) groups is 1. The van der Waals surface area contributed by atoms with Crippen LogP contribution in [0.5, 0.6) is 0 Å². The van der Waals surface area contributed by atoms with E-state index in [1.807, 2.05) is 37.3 Å². The maximum atomic E-state index is 12.8. The predicted octanol–water partition coefficient (Wildman–Crippen LogP) is 6.27. The molecule has 29 heavy (non-hydrogen) atoms. The molecule has 0 bridgehead atoms. The summed E-state index contributed by atoms with van der Waals surface area (Å²) < 4.78 is 5.89. The van der Waals surface area contributed by atoms with Gasteiger partial charge in [-0.15, -0.1) is 0 Å². The topological polar surface area (TPSA) is 58.7 Å². The molecular weight excluding hydrogens is 429 g/mol. The third-order valence-electron chi connectivity index (χ3n) is 4.20. The fraction of sp³-hybridized carbons (Fsp3) is 0.0952. The van der Waals surface area contributed by atoms with Gasteiger partial charge >= 0.3 is 0 Å². The highest BCUT2D eigenvalue weighted by Gasteiger charge is 2.32. The normalized spacial score (nSPS) is 16.9. The maximum absolute atomic E-state index is 12.8. The molecule has 1 aliphatic heterocycles. The van der Waals surface area contributed by atoms with Gasteiger partial charge in [-0.2, -0.15) is 0 Å². The summed E-state index contributed by atoms with van der Waals surface area (Å²) in [6, 6.07) is 14.6. The summed E-state index contributed by atoms with van der Waals surface area (Å²) in [7, 11) is 0. The summed E-state index contributed by atoms with van der Waals surface area (Å²) >= 11 is 13.6. The molecule has 0 saturated carbocycles. The van der Waals surface area contributed by atoms with Crippen LogP contribution < -0.4 is 0 Å². The Kier molecular flexibility index (Phi) is 5.76. The fourth-order valence-corrected chi connectivity index (χ4v) is 4.23. The molecule has 8 heteroatoms. The van der Waals surface area contributed by atoms with Crippen molar-refractivity contribution in [2.75, 3.05) is 6.54 Å². The lowest BCUT2D eigenvalue weighted by atomic mass is 10.2. The highest BCUT2D eigenvalue weighted by Crippen LogP contribution is 2.36. The number of likely N-dealkylation sites (N-methyl/N-ethyl adjacent to an activating group) is 1. The van der Waals surface area contributed by atoms with E-state index in [0.717, 1.165) is 5.56 Å². The van der Waals surface area contributed by atoms with Gasteiger partial charge in [-0.25, -0.2) is 9.98 Å². The number of amides is 1. The van der Waals surface area contributed by atoms with Crippen molar-refractivity contribution in [1.82, 2.24) is 9.88 Å². The molecule has 3 aromatic rings. The minimum Gasteiger partial charge on any atom is -0.457 e. The molecule has 1 saturated heterocycles. The number of aromatic nitrogens is 1. The second-order valence-electron chi connectivity index (χ2n) is 6.05. The fourth-order valence-electron chi connectivity index (χ4n) is 2.80. The van der Waals surface area contributed by atoms with Crippen LogP contribution in [0.2, 0.25) is 10.2 Å². The van der Waals surface area contributed by atoms with E-state index in [-0.39, 0.29) is 11.1 Å². The van der Waals surface area contributed by atoms with Crippen LogP contribution in [-0.4, -0.2) is 27.5 Å². The van der Waals surface area contributed by atoms with E-state index in [2.05, 4.69) is 9.98 Å². The number of amidine groups is 1. The zero-order valence-corrected chi connectivity index (χ0v) is 17.6. The first-order valence-electron chi connectivity index (χ1n) is 8.82. The number of pyridine rings is 1. The second kappa shape index (κ2) is 8.45. The van der Waals surface area contributed by atoms with Crippen LogP contribution in [0.4, 0.5) is 5.69 Å². The number of nitrogens with zero attached hydrogens (tertiary/aromatic N) is 3. The summed E-state index contributed by atoms with van der Waals surface area (Å²) in [5.41, 5.74) is 1.32. The van der Waals surface area contributed by atoms with Crippen molar-refractivity contribution in [3.8, 4) is 11.3 Å². The molecule has 0 spiro atoms. The van der Waals surface area contributed by atoms with Gasteiger partial charge < -0.3 is 4.42 Å². The Morgan fingerprint density at radius 1 is 1.17 bits per heavy atom. The van der Waals surface area contributed by atoms with Crippen LogP contribution in [0.25, 0.3) is 17.4 Å². The van der Waals surface area contributed by atoms with Crippen molar-refractivity contribution >= 4 is 57.8 Å². The van der Waals surface area contributed by atoms with E-state index >= 15 is 0 Å². The maximum Gasteiger partial charge on any atom is 0.266 e.